The van der Waals surface area contributed by atoms with Crippen molar-refractivity contribution in [2.75, 3.05) is 13.9 Å². The van der Waals surface area contributed by atoms with Gasteiger partial charge in [-0.2, -0.15) is 0 Å². The molecule has 0 aromatic heterocycles. The Morgan fingerprint density at radius 3 is 2.78 bits per heavy atom. The van der Waals surface area contributed by atoms with Crippen LogP contribution in [0.25, 0.3) is 0 Å². The predicted octanol–water partition coefficient (Wildman–Crippen LogP) is 2.44. The summed E-state index contributed by atoms with van der Waals surface area (Å²) < 4.78 is 16.5. The molecule has 0 saturated carbocycles. The van der Waals surface area contributed by atoms with Crippen LogP contribution in [0.3, 0.4) is 0 Å². The van der Waals surface area contributed by atoms with Gasteiger partial charge in [-0.1, -0.05) is 12.1 Å². The third-order valence-corrected chi connectivity index (χ3v) is 2.94. The number of hydrogen-bond acceptors (Lipinski definition) is 4. The number of carbonyl (C=O) groups is 1. The molecule has 0 spiro atoms. The number of carbonyl (C=O) groups excluding carboxylic acids is 1. The van der Waals surface area contributed by atoms with Crippen LogP contribution in [-0.2, 0) is 14.2 Å². The number of primary amides is 1. The number of ether oxygens (including phenoxy) is 3. The van der Waals surface area contributed by atoms with Gasteiger partial charge >= 0.3 is 6.09 Å². The van der Waals surface area contributed by atoms with E-state index in [0.29, 0.717) is 0 Å². The summed E-state index contributed by atoms with van der Waals surface area (Å²) in [7, 11) is 1.53. The Morgan fingerprint density at radius 2 is 2.22 bits per heavy atom. The van der Waals surface area contributed by atoms with Crippen molar-refractivity contribution in [3.05, 3.63) is 33.4 Å². The first-order valence-corrected chi connectivity index (χ1v) is 6.44. The molecule has 0 radical (unpaired) electrons. The summed E-state index contributed by atoms with van der Waals surface area (Å²) in [5, 5.41) is 0. The lowest BCUT2D eigenvalue weighted by atomic mass is 10.1. The van der Waals surface area contributed by atoms with Gasteiger partial charge in [0.05, 0.1) is 0 Å². The highest BCUT2D eigenvalue weighted by Crippen LogP contribution is 2.24. The molecule has 0 saturated heterocycles. The minimum atomic E-state index is -0.820. The number of hydrogen-bond donors (Lipinski definition) is 1. The van der Waals surface area contributed by atoms with Gasteiger partial charge in [0.25, 0.3) is 0 Å². The number of nitrogens with two attached hydrogens (primary N) is 1. The normalized spacial score (nSPS) is 13.9. The second-order valence-electron chi connectivity index (χ2n) is 3.69. The first kappa shape index (κ1) is 15.2. The van der Waals surface area contributed by atoms with Gasteiger partial charge in [-0.15, -0.1) is 0 Å². The maximum atomic E-state index is 10.8. The average molecular weight is 365 g/mol. The van der Waals surface area contributed by atoms with Crippen molar-refractivity contribution in [1.29, 1.82) is 0 Å². The predicted molar refractivity (Wildman–Crippen MR) is 75.0 cm³/mol. The van der Waals surface area contributed by atoms with Gasteiger partial charge in [0.15, 0.2) is 0 Å². The number of benzene rings is 1. The van der Waals surface area contributed by atoms with Crippen molar-refractivity contribution in [2.24, 2.45) is 5.73 Å². The van der Waals surface area contributed by atoms with E-state index >= 15 is 0 Å². The van der Waals surface area contributed by atoms with E-state index in [1.165, 1.54) is 7.11 Å². The molecule has 1 aromatic carbocycles. The van der Waals surface area contributed by atoms with E-state index in [0.717, 1.165) is 9.13 Å². The van der Waals surface area contributed by atoms with Crippen LogP contribution >= 0.6 is 22.6 Å². The molecule has 5 nitrogen and oxygen atoms in total. The molecule has 18 heavy (non-hydrogen) atoms. The maximum Gasteiger partial charge on any atom is 0.404 e. The molecule has 1 rings (SSSR count). The van der Waals surface area contributed by atoms with Gasteiger partial charge in [-0.05, 0) is 47.2 Å². The molecule has 1 amide bonds. The van der Waals surface area contributed by atoms with E-state index < -0.39 is 18.3 Å². The SMILES string of the molecule is COCO[C@H](c1cccc(I)c1)[C@@H](C)OC(N)=O. The fraction of sp³-hybridized carbons (Fsp3) is 0.417. The summed E-state index contributed by atoms with van der Waals surface area (Å²) in [6, 6.07) is 7.75. The molecule has 0 aliphatic carbocycles. The van der Waals surface area contributed by atoms with Crippen molar-refractivity contribution in [2.45, 2.75) is 19.1 Å². The van der Waals surface area contributed by atoms with Crippen molar-refractivity contribution in [3.63, 3.8) is 0 Å². The molecule has 0 aliphatic heterocycles. The zero-order valence-corrected chi connectivity index (χ0v) is 12.4. The number of methoxy groups -OCH3 is 1. The largest absolute Gasteiger partial charge is 0.444 e. The molecular weight excluding hydrogens is 349 g/mol. The van der Waals surface area contributed by atoms with Crippen molar-refractivity contribution in [3.8, 4) is 0 Å². The summed E-state index contributed by atoms with van der Waals surface area (Å²) in [5.41, 5.74) is 5.93. The lowest BCUT2D eigenvalue weighted by molar-refractivity contribution is -0.111. The van der Waals surface area contributed by atoms with Gasteiger partial charge in [-0.3, -0.25) is 0 Å². The monoisotopic (exact) mass is 365 g/mol. The lowest BCUT2D eigenvalue weighted by Gasteiger charge is -2.24. The summed E-state index contributed by atoms with van der Waals surface area (Å²) in [5.74, 6) is 0. The van der Waals surface area contributed by atoms with Gasteiger partial charge < -0.3 is 19.9 Å². The smallest absolute Gasteiger partial charge is 0.404 e. The molecular formula is C12H16INO4. The topological polar surface area (TPSA) is 70.8 Å². The van der Waals surface area contributed by atoms with Crippen LogP contribution in [-0.4, -0.2) is 26.1 Å². The lowest BCUT2D eigenvalue weighted by Crippen LogP contribution is -2.28. The molecule has 1 aromatic rings. The molecule has 6 heteroatoms. The molecule has 0 unspecified atom stereocenters. The summed E-state index contributed by atoms with van der Waals surface area (Å²) in [4.78, 5) is 10.8. The van der Waals surface area contributed by atoms with Crippen LogP contribution in [0, 0.1) is 3.57 Å². The van der Waals surface area contributed by atoms with Crippen molar-refractivity contribution in [1.82, 2.24) is 0 Å². The Balaban J connectivity index is 2.86. The van der Waals surface area contributed by atoms with Crippen LogP contribution in [0.2, 0.25) is 0 Å². The molecule has 0 fully saturated rings. The zero-order valence-electron chi connectivity index (χ0n) is 10.3. The summed E-state index contributed by atoms with van der Waals surface area (Å²) in [6.45, 7) is 1.84. The van der Waals surface area contributed by atoms with Crippen LogP contribution in [0.4, 0.5) is 4.79 Å². The molecule has 2 atom stereocenters. The summed E-state index contributed by atoms with van der Waals surface area (Å²) >= 11 is 2.21. The highest BCUT2D eigenvalue weighted by Gasteiger charge is 2.23. The number of rotatable bonds is 6. The van der Waals surface area contributed by atoms with Crippen molar-refractivity contribution < 1.29 is 19.0 Å². The fourth-order valence-corrected chi connectivity index (χ4v) is 2.14. The molecule has 0 heterocycles. The standard InChI is InChI=1S/C12H16INO4/c1-8(18-12(14)15)11(17-7-16-2)9-4-3-5-10(13)6-9/h3-6,8,11H,7H2,1-2H3,(H2,14,15)/t8-,11+/m1/s1. The van der Waals surface area contributed by atoms with Gasteiger partial charge in [0.2, 0.25) is 0 Å². The third kappa shape index (κ3) is 4.79. The van der Waals surface area contributed by atoms with Crippen LogP contribution in [0.15, 0.2) is 24.3 Å². The number of halogens is 1. The maximum absolute atomic E-state index is 10.8. The molecule has 0 aliphatic rings. The minimum Gasteiger partial charge on any atom is -0.444 e. The van der Waals surface area contributed by atoms with Crippen molar-refractivity contribution >= 4 is 28.7 Å². The van der Waals surface area contributed by atoms with E-state index in [2.05, 4.69) is 22.6 Å². The van der Waals surface area contributed by atoms with Crippen LogP contribution in [0.5, 0.6) is 0 Å². The first-order valence-electron chi connectivity index (χ1n) is 5.36. The Kier molecular flexibility index (Phi) is 6.37. The highest BCUT2D eigenvalue weighted by molar-refractivity contribution is 14.1. The fourth-order valence-electron chi connectivity index (χ4n) is 1.57. The minimum absolute atomic E-state index is 0.114. The van der Waals surface area contributed by atoms with E-state index in [9.17, 15) is 4.79 Å². The van der Waals surface area contributed by atoms with E-state index in [4.69, 9.17) is 19.9 Å². The Labute approximate surface area is 120 Å². The second kappa shape index (κ2) is 7.55. The van der Waals surface area contributed by atoms with Crippen LogP contribution in [0.1, 0.15) is 18.6 Å². The second-order valence-corrected chi connectivity index (χ2v) is 4.94. The quantitative estimate of drug-likeness (QED) is 0.621. The summed E-state index contributed by atoms with van der Waals surface area (Å²) in [6.07, 6.45) is -1.72. The van der Waals surface area contributed by atoms with E-state index in [1.54, 1.807) is 6.92 Å². The first-order chi connectivity index (χ1) is 8.54. The highest BCUT2D eigenvalue weighted by atomic mass is 127. The van der Waals surface area contributed by atoms with Gasteiger partial charge in [-0.25, -0.2) is 4.79 Å². The van der Waals surface area contributed by atoms with E-state index in [1.807, 2.05) is 24.3 Å². The van der Waals surface area contributed by atoms with Gasteiger partial charge in [0, 0.05) is 10.7 Å². The number of amides is 1. The Bertz CT molecular complexity index is 399. The zero-order chi connectivity index (χ0) is 13.5. The average Bonchev–Trinajstić information content (AvgIpc) is 2.28. The Morgan fingerprint density at radius 1 is 1.50 bits per heavy atom. The molecule has 2 N–H and O–H groups in total. The van der Waals surface area contributed by atoms with Gasteiger partial charge in [0.1, 0.15) is 19.0 Å². The third-order valence-electron chi connectivity index (χ3n) is 2.27. The molecule has 100 valence electrons. The molecule has 0 bridgehead atoms. The van der Waals surface area contributed by atoms with E-state index in [-0.39, 0.29) is 6.79 Å². The Hall–Kier alpha value is -0.860. The van der Waals surface area contributed by atoms with Crippen LogP contribution < -0.4 is 5.73 Å².